The first-order valence-electron chi connectivity index (χ1n) is 12.2. The van der Waals surface area contributed by atoms with Gasteiger partial charge in [0.1, 0.15) is 17.5 Å². The molecule has 0 aliphatic carbocycles. The molecular weight excluding hydrogens is 514 g/mol. The fourth-order valence-corrected chi connectivity index (χ4v) is 6.13. The van der Waals surface area contributed by atoms with E-state index in [9.17, 15) is 4.79 Å². The topological polar surface area (TPSA) is 74.3 Å². The summed E-state index contributed by atoms with van der Waals surface area (Å²) in [4.78, 5) is 19.5. The number of fused-ring (bicyclic) bond motifs is 2. The van der Waals surface area contributed by atoms with E-state index in [0.29, 0.717) is 15.3 Å². The predicted molar refractivity (Wildman–Crippen MR) is 152 cm³/mol. The van der Waals surface area contributed by atoms with Crippen molar-refractivity contribution in [3.63, 3.8) is 0 Å². The Hall–Kier alpha value is -4.34. The Balaban J connectivity index is 1.32. The van der Waals surface area contributed by atoms with Crippen molar-refractivity contribution in [1.82, 2.24) is 24.4 Å². The van der Waals surface area contributed by atoms with Gasteiger partial charge in [0, 0.05) is 28.6 Å². The van der Waals surface area contributed by atoms with E-state index in [4.69, 9.17) is 9.84 Å². The highest BCUT2D eigenvalue weighted by molar-refractivity contribution is 7.15. The minimum atomic E-state index is -0.192. The van der Waals surface area contributed by atoms with Crippen LogP contribution in [0.2, 0.25) is 0 Å². The number of hydrogen-bond donors (Lipinski definition) is 0. The fourth-order valence-electron chi connectivity index (χ4n) is 4.60. The SMILES string of the molecule is CC1Cc2cc(-c3nn(-c4ccccc4)cc3/C=c3\sc4nc(/C=C/c5cccs5)nn4c3=O)ccc2O1. The molecule has 7 nitrogen and oxygen atoms in total. The van der Waals surface area contributed by atoms with Gasteiger partial charge in [-0.25, -0.2) is 4.68 Å². The summed E-state index contributed by atoms with van der Waals surface area (Å²) < 4.78 is 9.67. The Kier molecular flexibility index (Phi) is 5.52. The van der Waals surface area contributed by atoms with Crippen LogP contribution in [0.15, 0.2) is 77.0 Å². The Labute approximate surface area is 225 Å². The van der Waals surface area contributed by atoms with Crippen LogP contribution in [0.1, 0.15) is 28.8 Å². The maximum atomic E-state index is 13.3. The van der Waals surface area contributed by atoms with Crippen molar-refractivity contribution in [2.75, 3.05) is 0 Å². The summed E-state index contributed by atoms with van der Waals surface area (Å²) in [6, 6.07) is 20.1. The third-order valence-electron chi connectivity index (χ3n) is 6.36. The number of rotatable bonds is 5. The van der Waals surface area contributed by atoms with Crippen molar-refractivity contribution in [2.45, 2.75) is 19.4 Å². The molecule has 0 saturated carbocycles. The number of hydrogen-bond acceptors (Lipinski definition) is 7. The second-order valence-electron chi connectivity index (χ2n) is 9.10. The molecule has 6 aromatic rings. The van der Waals surface area contributed by atoms with Crippen LogP contribution in [0.4, 0.5) is 0 Å². The van der Waals surface area contributed by atoms with Gasteiger partial charge < -0.3 is 4.74 Å². The first-order valence-corrected chi connectivity index (χ1v) is 13.9. The van der Waals surface area contributed by atoms with E-state index in [-0.39, 0.29) is 11.7 Å². The smallest absolute Gasteiger partial charge is 0.291 e. The molecule has 1 atom stereocenters. The molecule has 1 aliphatic heterocycles. The molecule has 4 aromatic heterocycles. The molecule has 186 valence electrons. The minimum absolute atomic E-state index is 0.163. The maximum Gasteiger partial charge on any atom is 0.291 e. The first-order chi connectivity index (χ1) is 18.6. The number of thiazole rings is 1. The van der Waals surface area contributed by atoms with Crippen LogP contribution in [0.5, 0.6) is 5.75 Å². The van der Waals surface area contributed by atoms with Gasteiger partial charge >= 0.3 is 0 Å². The molecule has 0 spiro atoms. The highest BCUT2D eigenvalue weighted by Crippen LogP contribution is 2.34. The Morgan fingerprint density at radius 2 is 1.95 bits per heavy atom. The Morgan fingerprint density at radius 3 is 2.76 bits per heavy atom. The average molecular weight is 536 g/mol. The van der Waals surface area contributed by atoms with Crippen LogP contribution >= 0.6 is 22.7 Å². The molecule has 7 rings (SSSR count). The number of para-hydroxylation sites is 1. The van der Waals surface area contributed by atoms with Crippen molar-refractivity contribution in [3.05, 3.63) is 109 Å². The normalized spacial score (nSPS) is 15.5. The zero-order valence-corrected chi connectivity index (χ0v) is 21.9. The van der Waals surface area contributed by atoms with Crippen molar-refractivity contribution in [2.24, 2.45) is 0 Å². The minimum Gasteiger partial charge on any atom is -0.490 e. The van der Waals surface area contributed by atoms with E-state index in [0.717, 1.165) is 39.6 Å². The number of nitrogens with zero attached hydrogens (tertiary/aromatic N) is 5. The zero-order valence-electron chi connectivity index (χ0n) is 20.3. The standard InChI is InChI=1S/C29H21N5O2S2/c1-18-14-20-15-19(9-11-24(20)36-18)27-21(17-33(32-27)22-6-3-2-4-7-22)16-25-28(35)34-29(38-25)30-26(31-34)12-10-23-8-5-13-37-23/h2-13,15-18H,14H2,1H3/b12-10+,25-16-. The van der Waals surface area contributed by atoms with Gasteiger partial charge in [-0.1, -0.05) is 35.6 Å². The third kappa shape index (κ3) is 4.15. The van der Waals surface area contributed by atoms with Crippen LogP contribution in [0.25, 0.3) is 40.1 Å². The number of aromatic nitrogens is 5. The van der Waals surface area contributed by atoms with Gasteiger partial charge in [-0.3, -0.25) is 4.79 Å². The summed E-state index contributed by atoms with van der Waals surface area (Å²) in [5.41, 5.74) is 4.55. The lowest BCUT2D eigenvalue weighted by Crippen LogP contribution is -2.23. The summed E-state index contributed by atoms with van der Waals surface area (Å²) in [5, 5.41) is 11.4. The molecule has 2 aromatic carbocycles. The summed E-state index contributed by atoms with van der Waals surface area (Å²) in [5.74, 6) is 1.44. The van der Waals surface area contributed by atoms with E-state index >= 15 is 0 Å². The molecule has 0 amide bonds. The second kappa shape index (κ2) is 9.20. The summed E-state index contributed by atoms with van der Waals surface area (Å²) >= 11 is 2.96. The van der Waals surface area contributed by atoms with Crippen LogP contribution in [-0.2, 0) is 6.42 Å². The van der Waals surface area contributed by atoms with Crippen LogP contribution in [0, 0.1) is 0 Å². The third-order valence-corrected chi connectivity index (χ3v) is 8.15. The average Bonchev–Trinajstić information content (AvgIpc) is 3.74. The predicted octanol–water partition coefficient (Wildman–Crippen LogP) is 5.11. The van der Waals surface area contributed by atoms with Gasteiger partial charge in [0.25, 0.3) is 5.56 Å². The lowest BCUT2D eigenvalue weighted by Gasteiger charge is -2.04. The lowest BCUT2D eigenvalue weighted by atomic mass is 10.0. The molecule has 0 fully saturated rings. The second-order valence-corrected chi connectivity index (χ2v) is 11.1. The zero-order chi connectivity index (χ0) is 25.6. The van der Waals surface area contributed by atoms with E-state index in [1.165, 1.54) is 21.4 Å². The van der Waals surface area contributed by atoms with Gasteiger partial charge in [0.2, 0.25) is 4.96 Å². The molecule has 5 heterocycles. The van der Waals surface area contributed by atoms with E-state index in [1.807, 2.05) is 89.1 Å². The van der Waals surface area contributed by atoms with Gasteiger partial charge in [-0.05, 0) is 72.5 Å². The molecule has 0 saturated heterocycles. The van der Waals surface area contributed by atoms with Crippen molar-refractivity contribution in [1.29, 1.82) is 0 Å². The number of ether oxygens (including phenoxy) is 1. The van der Waals surface area contributed by atoms with E-state index in [1.54, 1.807) is 11.3 Å². The molecule has 9 heteroatoms. The molecular formula is C29H21N5O2S2. The molecule has 0 bridgehead atoms. The molecule has 38 heavy (non-hydrogen) atoms. The number of thiophene rings is 1. The monoisotopic (exact) mass is 535 g/mol. The quantitative estimate of drug-likeness (QED) is 0.307. The van der Waals surface area contributed by atoms with Gasteiger partial charge in [-0.2, -0.15) is 14.6 Å². The van der Waals surface area contributed by atoms with Gasteiger partial charge in [0.15, 0.2) is 5.82 Å². The van der Waals surface area contributed by atoms with Crippen LogP contribution in [0.3, 0.4) is 0 Å². The Morgan fingerprint density at radius 1 is 1.05 bits per heavy atom. The van der Waals surface area contributed by atoms with Crippen LogP contribution in [-0.4, -0.2) is 30.5 Å². The van der Waals surface area contributed by atoms with Crippen molar-refractivity contribution < 1.29 is 4.74 Å². The fraction of sp³-hybridized carbons (Fsp3) is 0.103. The highest BCUT2D eigenvalue weighted by atomic mass is 32.1. The molecule has 1 unspecified atom stereocenters. The van der Waals surface area contributed by atoms with Crippen molar-refractivity contribution in [3.8, 4) is 22.7 Å². The molecule has 0 N–H and O–H groups in total. The molecule has 0 radical (unpaired) electrons. The first kappa shape index (κ1) is 22.8. The Bertz CT molecular complexity index is 1920. The largest absolute Gasteiger partial charge is 0.490 e. The summed E-state index contributed by atoms with van der Waals surface area (Å²) in [6.45, 7) is 2.07. The lowest BCUT2D eigenvalue weighted by molar-refractivity contribution is 0.254. The van der Waals surface area contributed by atoms with Crippen molar-refractivity contribution >= 4 is 45.9 Å². The van der Waals surface area contributed by atoms with Gasteiger partial charge in [0.05, 0.1) is 10.2 Å². The highest BCUT2D eigenvalue weighted by Gasteiger charge is 2.21. The summed E-state index contributed by atoms with van der Waals surface area (Å²) in [6.07, 6.45) is 8.66. The molecule has 1 aliphatic rings. The summed E-state index contributed by atoms with van der Waals surface area (Å²) in [7, 11) is 0. The van der Waals surface area contributed by atoms with E-state index in [2.05, 4.69) is 23.1 Å². The maximum absolute atomic E-state index is 13.3. The van der Waals surface area contributed by atoms with Crippen LogP contribution < -0.4 is 14.8 Å². The van der Waals surface area contributed by atoms with Gasteiger partial charge in [-0.15, -0.1) is 16.4 Å². The number of benzene rings is 2. The van der Waals surface area contributed by atoms with E-state index < -0.39 is 0 Å².